The van der Waals surface area contributed by atoms with Crippen LogP contribution in [0.25, 0.3) is 0 Å². The lowest BCUT2D eigenvalue weighted by Gasteiger charge is -2.35. The largest absolute Gasteiger partial charge is 0.493 e. The Morgan fingerprint density at radius 1 is 0.933 bits per heavy atom. The fourth-order valence-corrected chi connectivity index (χ4v) is 4.35. The minimum atomic E-state index is 0.00754. The smallest absolute Gasteiger partial charge is 0.268 e. The van der Waals surface area contributed by atoms with E-state index in [9.17, 15) is 4.79 Å². The molecule has 8 heteroatoms. The van der Waals surface area contributed by atoms with E-state index in [1.54, 1.807) is 32.1 Å². The second kappa shape index (κ2) is 9.06. The van der Waals surface area contributed by atoms with E-state index >= 15 is 0 Å². The molecule has 0 bridgehead atoms. The Labute approximate surface area is 176 Å². The summed E-state index contributed by atoms with van der Waals surface area (Å²) in [6, 6.07) is 5.72. The summed E-state index contributed by atoms with van der Waals surface area (Å²) in [6.07, 6.45) is 3.07. The van der Waals surface area contributed by atoms with Crippen LogP contribution in [0.4, 0.5) is 0 Å². The van der Waals surface area contributed by atoms with Crippen molar-refractivity contribution in [3.05, 3.63) is 45.4 Å². The van der Waals surface area contributed by atoms with Gasteiger partial charge in [-0.05, 0) is 30.9 Å². The minimum absolute atomic E-state index is 0.00754. The highest BCUT2D eigenvalue weighted by atomic mass is 16.5. The molecule has 30 heavy (non-hydrogen) atoms. The van der Waals surface area contributed by atoms with Gasteiger partial charge >= 0.3 is 0 Å². The van der Waals surface area contributed by atoms with Crippen LogP contribution < -0.4 is 19.8 Å². The van der Waals surface area contributed by atoms with Crippen molar-refractivity contribution >= 4 is 0 Å². The Kier molecular flexibility index (Phi) is 6.24. The quantitative estimate of drug-likeness (QED) is 0.681. The summed E-state index contributed by atoms with van der Waals surface area (Å²) in [4.78, 5) is 17.0. The highest BCUT2D eigenvalue weighted by Gasteiger charge is 2.22. The Morgan fingerprint density at radius 2 is 1.67 bits per heavy atom. The first-order valence-corrected chi connectivity index (χ1v) is 10.5. The van der Waals surface area contributed by atoms with E-state index in [2.05, 4.69) is 14.9 Å². The number of methoxy groups -OCH3 is 3. The van der Waals surface area contributed by atoms with Gasteiger partial charge in [0.15, 0.2) is 11.5 Å². The third-order valence-corrected chi connectivity index (χ3v) is 6.00. The average Bonchev–Trinajstić information content (AvgIpc) is 3.21. The Morgan fingerprint density at radius 3 is 2.37 bits per heavy atom. The fraction of sp³-hybridized carbons (Fsp3) is 0.545. The maximum atomic E-state index is 12.4. The lowest BCUT2D eigenvalue weighted by molar-refractivity contribution is 0.0961. The Balaban J connectivity index is 1.38. The number of aromatic nitrogens is 2. The van der Waals surface area contributed by atoms with Crippen LogP contribution in [0.1, 0.15) is 23.2 Å². The number of hydrogen-bond donors (Lipinski definition) is 0. The minimum Gasteiger partial charge on any atom is -0.493 e. The molecule has 0 saturated carbocycles. The lowest BCUT2D eigenvalue weighted by atomic mass is 10.1. The van der Waals surface area contributed by atoms with Crippen molar-refractivity contribution in [1.29, 1.82) is 0 Å². The van der Waals surface area contributed by atoms with Crippen molar-refractivity contribution in [1.82, 2.24) is 19.6 Å². The van der Waals surface area contributed by atoms with Crippen LogP contribution in [0.3, 0.4) is 0 Å². The number of rotatable bonds is 7. The summed E-state index contributed by atoms with van der Waals surface area (Å²) in [5.41, 5.74) is 3.30. The van der Waals surface area contributed by atoms with E-state index in [0.29, 0.717) is 23.9 Å². The second-order valence-electron chi connectivity index (χ2n) is 7.84. The van der Waals surface area contributed by atoms with E-state index in [1.165, 1.54) is 0 Å². The van der Waals surface area contributed by atoms with Gasteiger partial charge in [0.05, 0.1) is 33.7 Å². The summed E-state index contributed by atoms with van der Waals surface area (Å²) in [5, 5.41) is 4.60. The summed E-state index contributed by atoms with van der Waals surface area (Å²) in [7, 11) is 4.90. The van der Waals surface area contributed by atoms with Crippen LogP contribution in [0.15, 0.2) is 23.0 Å². The van der Waals surface area contributed by atoms with E-state index in [4.69, 9.17) is 14.2 Å². The monoisotopic (exact) mass is 414 g/mol. The van der Waals surface area contributed by atoms with Crippen LogP contribution in [-0.2, 0) is 26.1 Å². The number of hydrogen-bond acceptors (Lipinski definition) is 7. The van der Waals surface area contributed by atoms with Crippen LogP contribution in [0.5, 0.6) is 17.2 Å². The van der Waals surface area contributed by atoms with Gasteiger partial charge in [-0.15, -0.1) is 0 Å². The zero-order valence-corrected chi connectivity index (χ0v) is 18.0. The second-order valence-corrected chi connectivity index (χ2v) is 7.84. The third-order valence-electron chi connectivity index (χ3n) is 6.00. The molecular weight excluding hydrogens is 384 g/mol. The highest BCUT2D eigenvalue weighted by Crippen LogP contribution is 2.40. The van der Waals surface area contributed by atoms with E-state index in [0.717, 1.165) is 68.8 Å². The van der Waals surface area contributed by atoms with Crippen LogP contribution in [0.2, 0.25) is 0 Å². The first kappa shape index (κ1) is 20.7. The molecular formula is C22H30N4O4. The standard InChI is InChI=1S/C22H30N4O4/c1-28-19-8-7-17(21(29-2)22(19)30-3)14-24-9-11-25(12-10-24)15-26-20(27)13-16-5-4-6-18(16)23-26/h7-8,13H,4-6,9-12,14-15H2,1-3H3. The molecule has 0 atom stereocenters. The average molecular weight is 415 g/mol. The van der Waals surface area contributed by atoms with Crippen molar-refractivity contribution in [2.24, 2.45) is 0 Å². The predicted molar refractivity (Wildman–Crippen MR) is 113 cm³/mol. The Hall–Kier alpha value is -2.58. The van der Waals surface area contributed by atoms with Gasteiger partial charge < -0.3 is 14.2 Å². The topological polar surface area (TPSA) is 69.1 Å². The van der Waals surface area contributed by atoms with Crippen LogP contribution in [-0.4, -0.2) is 67.1 Å². The van der Waals surface area contributed by atoms with Crippen molar-refractivity contribution in [3.8, 4) is 17.2 Å². The number of nitrogens with zero attached hydrogens (tertiary/aromatic N) is 4. The predicted octanol–water partition coefficient (Wildman–Crippen LogP) is 1.53. The summed E-state index contributed by atoms with van der Waals surface area (Å²) in [6.45, 7) is 4.93. The zero-order chi connectivity index (χ0) is 21.1. The molecule has 2 aromatic rings. The van der Waals surface area contributed by atoms with Crippen LogP contribution >= 0.6 is 0 Å². The van der Waals surface area contributed by atoms with Gasteiger partial charge in [0.25, 0.3) is 5.56 Å². The van der Waals surface area contributed by atoms with Crippen molar-refractivity contribution in [2.75, 3.05) is 47.5 Å². The summed E-state index contributed by atoms with van der Waals surface area (Å²) < 4.78 is 18.1. The van der Waals surface area contributed by atoms with E-state index < -0.39 is 0 Å². The third kappa shape index (κ3) is 4.15. The molecule has 1 aromatic heterocycles. The molecule has 162 valence electrons. The van der Waals surface area contributed by atoms with Gasteiger partial charge in [-0.1, -0.05) is 6.07 Å². The molecule has 1 fully saturated rings. The number of aryl methyl sites for hydroxylation is 2. The van der Waals surface area contributed by atoms with Gasteiger partial charge in [-0.3, -0.25) is 14.6 Å². The van der Waals surface area contributed by atoms with Gasteiger partial charge in [0.2, 0.25) is 5.75 Å². The molecule has 0 N–H and O–H groups in total. The molecule has 4 rings (SSSR count). The van der Waals surface area contributed by atoms with Crippen molar-refractivity contribution in [2.45, 2.75) is 32.5 Å². The summed E-state index contributed by atoms with van der Waals surface area (Å²) >= 11 is 0. The number of fused-ring (bicyclic) bond motifs is 1. The van der Waals surface area contributed by atoms with E-state index in [-0.39, 0.29) is 5.56 Å². The van der Waals surface area contributed by atoms with E-state index in [1.807, 2.05) is 12.1 Å². The molecule has 2 heterocycles. The van der Waals surface area contributed by atoms with Crippen LogP contribution in [0, 0.1) is 0 Å². The van der Waals surface area contributed by atoms with Crippen molar-refractivity contribution in [3.63, 3.8) is 0 Å². The molecule has 0 unspecified atom stereocenters. The first-order chi connectivity index (χ1) is 14.6. The fourth-order valence-electron chi connectivity index (χ4n) is 4.35. The maximum absolute atomic E-state index is 12.4. The lowest BCUT2D eigenvalue weighted by Crippen LogP contribution is -2.47. The molecule has 8 nitrogen and oxygen atoms in total. The number of ether oxygens (including phenoxy) is 3. The molecule has 0 spiro atoms. The molecule has 0 amide bonds. The Bertz CT molecular complexity index is 951. The maximum Gasteiger partial charge on any atom is 0.268 e. The SMILES string of the molecule is COc1ccc(CN2CCN(Cn3nc4c(cc3=O)CCC4)CC2)c(OC)c1OC. The van der Waals surface area contributed by atoms with Gasteiger partial charge in [-0.25, -0.2) is 4.68 Å². The van der Waals surface area contributed by atoms with Gasteiger partial charge in [0, 0.05) is 44.4 Å². The number of benzene rings is 1. The van der Waals surface area contributed by atoms with Crippen molar-refractivity contribution < 1.29 is 14.2 Å². The zero-order valence-electron chi connectivity index (χ0n) is 18.0. The highest BCUT2D eigenvalue weighted by molar-refractivity contribution is 5.55. The first-order valence-electron chi connectivity index (χ1n) is 10.5. The summed E-state index contributed by atoms with van der Waals surface area (Å²) in [5.74, 6) is 2.00. The molecule has 1 saturated heterocycles. The number of piperazine rings is 1. The molecule has 0 radical (unpaired) electrons. The molecule has 1 aliphatic heterocycles. The molecule has 1 aromatic carbocycles. The molecule has 2 aliphatic rings. The van der Waals surface area contributed by atoms with Gasteiger partial charge in [0.1, 0.15) is 0 Å². The van der Waals surface area contributed by atoms with Gasteiger partial charge in [-0.2, -0.15) is 5.10 Å². The molecule has 1 aliphatic carbocycles. The normalized spacial score (nSPS) is 17.0.